The van der Waals surface area contributed by atoms with Crippen molar-refractivity contribution < 1.29 is 91.8 Å². The number of benzene rings is 4. The molecular weight excluding hydrogens is 658 g/mol. The zero-order chi connectivity index (χ0) is 30.8. The van der Waals surface area contributed by atoms with E-state index in [1.165, 1.54) is 6.07 Å². The number of nitrogens with one attached hydrogen (secondary N) is 1. The van der Waals surface area contributed by atoms with E-state index in [1.54, 1.807) is 48.7 Å². The number of H-pyrrole nitrogens is 1. The molecule has 0 aliphatic heterocycles. The van der Waals surface area contributed by atoms with Gasteiger partial charge in [-0.3, -0.25) is 14.8 Å². The van der Waals surface area contributed by atoms with Crippen molar-refractivity contribution in [3.63, 3.8) is 0 Å². The summed E-state index contributed by atoms with van der Waals surface area (Å²) < 4.78 is 38.7. The molecule has 18 heteroatoms. The van der Waals surface area contributed by atoms with Crippen molar-refractivity contribution in [2.45, 2.75) is 9.79 Å². The molecule has 0 aliphatic carbocycles. The van der Waals surface area contributed by atoms with Crippen LogP contribution in [0.3, 0.4) is 0 Å². The molecule has 0 fully saturated rings. The fraction of sp³-hybridized carbons (Fsp3) is 0. The van der Waals surface area contributed by atoms with Crippen molar-refractivity contribution in [2.75, 3.05) is 0 Å². The van der Waals surface area contributed by atoms with Gasteiger partial charge in [0.25, 0.3) is 5.56 Å². The van der Waals surface area contributed by atoms with Crippen molar-refractivity contribution in [3.05, 3.63) is 95.4 Å². The predicted molar refractivity (Wildman–Crippen MR) is 156 cm³/mol. The topological polar surface area (TPSA) is 214 Å². The van der Waals surface area contributed by atoms with Gasteiger partial charge in [-0.2, -0.15) is 9.45 Å². The second-order valence-corrected chi connectivity index (χ2v) is 11.2. The Balaban J connectivity index is 0.00000240. The summed E-state index contributed by atoms with van der Waals surface area (Å²) in [6.07, 6.45) is 1.56. The van der Waals surface area contributed by atoms with Gasteiger partial charge in [-0.05, 0) is 71.4 Å². The molecule has 2 heterocycles. The molecule has 0 saturated carbocycles. The van der Waals surface area contributed by atoms with Gasteiger partial charge in [-0.1, -0.05) is 18.2 Å². The van der Waals surface area contributed by atoms with E-state index in [-0.39, 0.29) is 70.0 Å². The molecule has 0 amide bonds. The number of pyridine rings is 2. The third-order valence-corrected chi connectivity index (χ3v) is 7.94. The van der Waals surface area contributed by atoms with Gasteiger partial charge in [0.15, 0.2) is 11.4 Å². The molecule has 6 rings (SSSR count). The largest absolute Gasteiger partial charge is 1.00 e. The van der Waals surface area contributed by atoms with Crippen molar-refractivity contribution in [3.8, 4) is 5.75 Å². The van der Waals surface area contributed by atoms with Gasteiger partial charge in [-0.25, -0.2) is 8.42 Å². The first kappa shape index (κ1) is 35.7. The fourth-order valence-corrected chi connectivity index (χ4v) is 5.45. The van der Waals surface area contributed by atoms with Gasteiger partial charge in [0.1, 0.15) is 15.8 Å². The van der Waals surface area contributed by atoms with E-state index < -0.39 is 32.0 Å². The Labute approximate surface area is 308 Å². The molecule has 0 bridgehead atoms. The van der Waals surface area contributed by atoms with E-state index in [0.29, 0.717) is 32.9 Å². The Morgan fingerprint density at radius 3 is 2.41 bits per heavy atom. The SMILES string of the molecule is O=c1[nH]c2ccc(S(=O)(=O)[O-])cc2c(O)c1N=Nc1ccc(N=Nc2ccc3c(SOO[O-])cccc3c2)c2ncccc12.[Na+].[Na+]. The van der Waals surface area contributed by atoms with Gasteiger partial charge in [0.05, 0.1) is 39.3 Å². The van der Waals surface area contributed by atoms with E-state index in [1.807, 2.05) is 18.2 Å². The van der Waals surface area contributed by atoms with Crippen LogP contribution in [0.25, 0.3) is 32.6 Å². The third kappa shape index (κ3) is 7.54. The minimum Gasteiger partial charge on any atom is -0.744 e. The van der Waals surface area contributed by atoms with Gasteiger partial charge < -0.3 is 19.9 Å². The van der Waals surface area contributed by atoms with Crippen LogP contribution in [0, 0.1) is 0 Å². The van der Waals surface area contributed by atoms with Gasteiger partial charge >= 0.3 is 59.1 Å². The number of fused-ring (bicyclic) bond motifs is 3. The molecular formula is C28H16N6Na2O8S2. The Hall–Kier alpha value is -3.10. The number of nitrogens with zero attached hydrogens (tertiary/aromatic N) is 5. The quantitative estimate of drug-likeness (QED) is 0.0547. The molecule has 2 N–H and O–H groups in total. The average Bonchev–Trinajstić information content (AvgIpc) is 3.02. The maximum atomic E-state index is 12.6. The first-order valence-electron chi connectivity index (χ1n) is 12.4. The van der Waals surface area contributed by atoms with Crippen LogP contribution in [0.5, 0.6) is 5.75 Å². The molecule has 0 spiro atoms. The Kier molecular flexibility index (Phi) is 11.8. The van der Waals surface area contributed by atoms with Crippen LogP contribution in [0.1, 0.15) is 0 Å². The molecule has 0 atom stereocenters. The van der Waals surface area contributed by atoms with Gasteiger partial charge in [0, 0.05) is 21.9 Å². The van der Waals surface area contributed by atoms with E-state index in [4.69, 9.17) is 0 Å². The minimum absolute atomic E-state index is 0. The Morgan fingerprint density at radius 2 is 1.63 bits per heavy atom. The van der Waals surface area contributed by atoms with Crippen molar-refractivity contribution >= 4 is 77.5 Å². The normalized spacial score (nSPS) is 11.8. The molecule has 0 radical (unpaired) electrons. The monoisotopic (exact) mass is 674 g/mol. The summed E-state index contributed by atoms with van der Waals surface area (Å²) in [4.78, 5) is 19.6. The molecule has 4 aromatic carbocycles. The van der Waals surface area contributed by atoms with Crippen molar-refractivity contribution in [1.82, 2.24) is 9.97 Å². The zero-order valence-electron chi connectivity index (χ0n) is 23.9. The summed E-state index contributed by atoms with van der Waals surface area (Å²) in [6, 6.07) is 20.6. The smallest absolute Gasteiger partial charge is 0.744 e. The second-order valence-electron chi connectivity index (χ2n) is 9.10. The molecule has 0 unspecified atom stereocenters. The summed E-state index contributed by atoms with van der Waals surface area (Å²) in [5.74, 6) is -0.641. The number of aromatic nitrogens is 2. The van der Waals surface area contributed by atoms with Gasteiger partial charge in [-0.15, -0.1) is 15.3 Å². The molecule has 0 aliphatic rings. The summed E-state index contributed by atoms with van der Waals surface area (Å²) in [7, 11) is -4.80. The van der Waals surface area contributed by atoms with Crippen LogP contribution in [0.2, 0.25) is 0 Å². The molecule has 220 valence electrons. The number of rotatable bonds is 8. The van der Waals surface area contributed by atoms with Crippen LogP contribution in [-0.4, -0.2) is 28.0 Å². The van der Waals surface area contributed by atoms with Crippen molar-refractivity contribution in [2.24, 2.45) is 20.5 Å². The maximum absolute atomic E-state index is 12.6. The Morgan fingerprint density at radius 1 is 0.848 bits per heavy atom. The number of aromatic amines is 1. The van der Waals surface area contributed by atoms with Crippen LogP contribution in [-0.2, 0) is 19.5 Å². The van der Waals surface area contributed by atoms with E-state index >= 15 is 0 Å². The summed E-state index contributed by atoms with van der Waals surface area (Å²) in [5, 5.41) is 43.2. The number of hydrogen-bond donors (Lipinski definition) is 2. The molecule has 6 aromatic rings. The van der Waals surface area contributed by atoms with Gasteiger partial charge in [0.2, 0.25) is 0 Å². The third-order valence-electron chi connectivity index (χ3n) is 6.45. The first-order valence-corrected chi connectivity index (χ1v) is 14.6. The van der Waals surface area contributed by atoms with E-state index in [9.17, 15) is 28.1 Å². The standard InChI is InChI=1S/C28H18N6O8S2.2Na/c35-27-20-14-17(44(38,39)40)7-9-21(20)30-28(36)26(27)34-32-22-10-11-23(25-19(22)4-2-12-29-25)33-31-16-6-8-18-15(13-16)3-1-5-24(18)43-42-41-37;;/h1-14,37H,(H2,30,35,36)(H,38,39,40);;/q;2*+1/p-2. The number of azo groups is 2. The molecule has 2 aromatic heterocycles. The molecule has 0 saturated heterocycles. The maximum Gasteiger partial charge on any atom is 1.00 e. The van der Waals surface area contributed by atoms with Crippen molar-refractivity contribution in [1.29, 1.82) is 0 Å². The van der Waals surface area contributed by atoms with Crippen LogP contribution in [0.15, 0.2) is 120 Å². The summed E-state index contributed by atoms with van der Waals surface area (Å²) in [6.45, 7) is 0. The van der Waals surface area contributed by atoms with Crippen LogP contribution >= 0.6 is 12.0 Å². The van der Waals surface area contributed by atoms with E-state index in [2.05, 4.69) is 39.8 Å². The fourth-order valence-electron chi connectivity index (χ4n) is 4.45. The molecule has 46 heavy (non-hydrogen) atoms. The number of aromatic hydroxyl groups is 1. The minimum atomic E-state index is -4.80. The average molecular weight is 675 g/mol. The van der Waals surface area contributed by atoms with E-state index in [0.717, 1.165) is 34.9 Å². The number of hydrogen-bond acceptors (Lipinski definition) is 14. The Bertz CT molecular complexity index is 2320. The molecule has 14 nitrogen and oxygen atoms in total. The predicted octanol–water partition coefficient (Wildman–Crippen LogP) is -0.0914. The first-order chi connectivity index (χ1) is 21.2. The summed E-state index contributed by atoms with van der Waals surface area (Å²) in [5.41, 5.74) is 0.540. The second kappa shape index (κ2) is 15.2. The summed E-state index contributed by atoms with van der Waals surface area (Å²) >= 11 is 0.795. The zero-order valence-corrected chi connectivity index (χ0v) is 29.6. The van der Waals surface area contributed by atoms with Crippen LogP contribution in [0.4, 0.5) is 22.7 Å². The van der Waals surface area contributed by atoms with Crippen LogP contribution < -0.4 is 69.9 Å².